The molecule has 0 saturated heterocycles. The van der Waals surface area contributed by atoms with Crippen LogP contribution in [0.3, 0.4) is 0 Å². The van der Waals surface area contributed by atoms with E-state index in [1.807, 2.05) is 51.4 Å². The van der Waals surface area contributed by atoms with Crippen LogP contribution in [-0.4, -0.2) is 50.4 Å². The van der Waals surface area contributed by atoms with Crippen LogP contribution in [0.5, 0.6) is 0 Å². The molecule has 0 bridgehead atoms. The van der Waals surface area contributed by atoms with Gasteiger partial charge in [-0.2, -0.15) is 0 Å². The summed E-state index contributed by atoms with van der Waals surface area (Å²) in [5.41, 5.74) is 1.00. The third kappa shape index (κ3) is 9.39. The van der Waals surface area contributed by atoms with Gasteiger partial charge in [0.25, 0.3) is 0 Å². The summed E-state index contributed by atoms with van der Waals surface area (Å²) in [6.45, 7) is 12.0. The van der Waals surface area contributed by atoms with E-state index in [4.69, 9.17) is 17.1 Å². The van der Waals surface area contributed by atoms with Crippen LogP contribution in [0.1, 0.15) is 5.56 Å². The summed E-state index contributed by atoms with van der Waals surface area (Å²) in [7, 11) is -6.06. The predicted octanol–water partition coefficient (Wildman–Crippen LogP) is 2.93. The highest BCUT2D eigenvalue weighted by molar-refractivity contribution is 6.84. The van der Waals surface area contributed by atoms with Gasteiger partial charge in [0.2, 0.25) is 0 Å². The Balaban J connectivity index is 2.57. The highest BCUT2D eigenvalue weighted by atomic mass is 28.5. The lowest BCUT2D eigenvalue weighted by Crippen LogP contribution is -2.54. The van der Waals surface area contributed by atoms with Gasteiger partial charge in [-0.15, -0.1) is 0 Å². The molecule has 1 aromatic rings. The average molecular weight is 404 g/mol. The van der Waals surface area contributed by atoms with Crippen LogP contribution in [0.4, 0.5) is 0 Å². The molecule has 0 aromatic carbocycles. The van der Waals surface area contributed by atoms with Gasteiger partial charge in [-0.25, -0.2) is 4.79 Å². The summed E-state index contributed by atoms with van der Waals surface area (Å²) in [5.74, 6) is -0.418. The van der Waals surface area contributed by atoms with Crippen molar-refractivity contribution in [3.8, 4) is 0 Å². The van der Waals surface area contributed by atoms with Gasteiger partial charge in [0.1, 0.15) is 6.61 Å². The second-order valence-corrected chi connectivity index (χ2v) is 17.5. The van der Waals surface area contributed by atoms with E-state index >= 15 is 0 Å². The third-order valence-electron chi connectivity index (χ3n) is 3.06. The summed E-state index contributed by atoms with van der Waals surface area (Å²) in [4.78, 5) is 15.3. The Bertz CT molecular complexity index is 553. The molecule has 7 nitrogen and oxygen atoms in total. The minimum absolute atomic E-state index is 0.113. The smallest absolute Gasteiger partial charge is 0.330 e. The van der Waals surface area contributed by atoms with E-state index < -0.39 is 31.7 Å². The highest BCUT2D eigenvalue weighted by Gasteiger charge is 2.42. The standard InChI is InChI=1S/C15H29NO6Si3/c1-18-15(17)13-20-24(4,5)22-25(6,7)21-23(2,3)19-12-14-9-8-10-16-11-14/h8-11H,12-13H2,1-7H3. The van der Waals surface area contributed by atoms with Crippen LogP contribution in [0.2, 0.25) is 39.3 Å². The van der Waals surface area contributed by atoms with Crippen molar-refractivity contribution in [3.05, 3.63) is 30.1 Å². The van der Waals surface area contributed by atoms with E-state index in [0.29, 0.717) is 6.61 Å². The van der Waals surface area contributed by atoms with Crippen molar-refractivity contribution in [1.82, 2.24) is 4.98 Å². The second-order valence-electron chi connectivity index (χ2n) is 6.92. The fourth-order valence-corrected chi connectivity index (χ4v) is 13.8. The molecule has 0 spiro atoms. The van der Waals surface area contributed by atoms with E-state index in [0.717, 1.165) is 5.56 Å². The molecular formula is C15H29NO6Si3. The molecule has 25 heavy (non-hydrogen) atoms. The zero-order chi connectivity index (χ0) is 19.1. The van der Waals surface area contributed by atoms with Crippen molar-refractivity contribution in [2.75, 3.05) is 13.7 Å². The first-order valence-electron chi connectivity index (χ1n) is 8.09. The van der Waals surface area contributed by atoms with E-state index in [2.05, 4.69) is 9.72 Å². The molecule has 0 saturated carbocycles. The summed E-state index contributed by atoms with van der Waals surface area (Å²) in [6, 6.07) is 3.84. The minimum Gasteiger partial charge on any atom is -0.467 e. The Labute approximate surface area is 153 Å². The highest BCUT2D eigenvalue weighted by Crippen LogP contribution is 2.22. The number of aromatic nitrogens is 1. The minimum atomic E-state index is -2.51. The van der Waals surface area contributed by atoms with Gasteiger partial charge in [-0.3, -0.25) is 4.98 Å². The van der Waals surface area contributed by atoms with Crippen molar-refractivity contribution in [2.24, 2.45) is 0 Å². The maximum Gasteiger partial charge on any atom is 0.330 e. The molecule has 0 aliphatic heterocycles. The Kier molecular flexibility index (Phi) is 8.12. The molecule has 1 aromatic heterocycles. The number of esters is 1. The molecular weight excluding hydrogens is 374 g/mol. The summed E-state index contributed by atoms with van der Waals surface area (Å²) < 4.78 is 28.7. The van der Waals surface area contributed by atoms with Crippen LogP contribution >= 0.6 is 0 Å². The number of carbonyl (C=O) groups excluding carboxylic acids is 1. The number of pyridine rings is 1. The number of nitrogens with zero attached hydrogens (tertiary/aromatic N) is 1. The monoisotopic (exact) mass is 403 g/mol. The molecule has 1 heterocycles. The summed E-state index contributed by atoms with van der Waals surface area (Å²) in [5, 5.41) is 0. The fourth-order valence-electron chi connectivity index (χ4n) is 2.30. The van der Waals surface area contributed by atoms with Crippen molar-refractivity contribution in [3.63, 3.8) is 0 Å². The predicted molar refractivity (Wildman–Crippen MR) is 102 cm³/mol. The first-order chi connectivity index (χ1) is 11.4. The normalized spacial score (nSPS) is 12.9. The number of rotatable bonds is 10. The number of hydrogen-bond acceptors (Lipinski definition) is 7. The fraction of sp³-hybridized carbons (Fsp3) is 0.600. The molecule has 1 rings (SSSR count). The first kappa shape index (κ1) is 22.2. The van der Waals surface area contributed by atoms with Crippen LogP contribution < -0.4 is 0 Å². The Morgan fingerprint density at radius 2 is 1.60 bits per heavy atom. The SMILES string of the molecule is COC(=O)CO[Si](C)(C)O[Si](C)(C)O[Si](C)(C)OCc1cccnc1. The van der Waals surface area contributed by atoms with Gasteiger partial charge >= 0.3 is 31.7 Å². The number of hydrogen-bond donors (Lipinski definition) is 0. The maximum atomic E-state index is 11.3. The van der Waals surface area contributed by atoms with Crippen molar-refractivity contribution in [2.45, 2.75) is 45.9 Å². The second kappa shape index (κ2) is 9.17. The quantitative estimate of drug-likeness (QED) is 0.439. The molecule has 0 unspecified atom stereocenters. The average Bonchev–Trinajstić information content (AvgIpc) is 2.49. The summed E-state index contributed by atoms with van der Waals surface area (Å²) in [6.07, 6.45) is 3.51. The molecule has 10 heteroatoms. The number of ether oxygens (including phenoxy) is 1. The van der Waals surface area contributed by atoms with Crippen LogP contribution in [0.15, 0.2) is 24.5 Å². The lowest BCUT2D eigenvalue weighted by atomic mass is 10.3. The van der Waals surface area contributed by atoms with Gasteiger partial charge in [0.05, 0.1) is 13.7 Å². The maximum absolute atomic E-state index is 11.3. The Morgan fingerprint density at radius 3 is 2.12 bits per heavy atom. The largest absolute Gasteiger partial charge is 0.467 e. The third-order valence-corrected chi connectivity index (χ3v) is 12.6. The first-order valence-corrected chi connectivity index (χ1v) is 16.5. The molecule has 142 valence electrons. The Hall–Kier alpha value is -0.889. The van der Waals surface area contributed by atoms with Crippen molar-refractivity contribution >= 4 is 31.7 Å². The van der Waals surface area contributed by atoms with Gasteiger partial charge in [0.15, 0.2) is 0 Å². The molecule has 0 aliphatic carbocycles. The number of carbonyl (C=O) groups is 1. The topological polar surface area (TPSA) is 76.1 Å². The zero-order valence-electron chi connectivity index (χ0n) is 16.1. The molecule has 0 aliphatic rings. The molecule has 0 N–H and O–H groups in total. The lowest BCUT2D eigenvalue weighted by Gasteiger charge is -2.37. The molecule has 0 amide bonds. The molecule has 0 fully saturated rings. The number of methoxy groups -OCH3 is 1. The van der Waals surface area contributed by atoms with E-state index in [1.54, 1.807) is 12.4 Å². The lowest BCUT2D eigenvalue weighted by molar-refractivity contribution is -0.143. The Morgan fingerprint density at radius 1 is 1.00 bits per heavy atom. The van der Waals surface area contributed by atoms with Crippen molar-refractivity contribution in [1.29, 1.82) is 0 Å². The van der Waals surface area contributed by atoms with E-state index in [-0.39, 0.29) is 6.61 Å². The van der Waals surface area contributed by atoms with Gasteiger partial charge in [0, 0.05) is 12.4 Å². The van der Waals surface area contributed by atoms with E-state index in [9.17, 15) is 4.79 Å². The zero-order valence-corrected chi connectivity index (χ0v) is 19.1. The molecule has 0 radical (unpaired) electrons. The van der Waals surface area contributed by atoms with Gasteiger partial charge in [-0.1, -0.05) is 6.07 Å². The van der Waals surface area contributed by atoms with Gasteiger partial charge < -0.3 is 21.8 Å². The van der Waals surface area contributed by atoms with Crippen LogP contribution in [0, 0.1) is 0 Å². The van der Waals surface area contributed by atoms with Crippen molar-refractivity contribution < 1.29 is 26.6 Å². The summed E-state index contributed by atoms with van der Waals surface area (Å²) >= 11 is 0. The van der Waals surface area contributed by atoms with Gasteiger partial charge in [-0.05, 0) is 50.9 Å². The van der Waals surface area contributed by atoms with Crippen LogP contribution in [-0.2, 0) is 33.2 Å². The van der Waals surface area contributed by atoms with Crippen LogP contribution in [0.25, 0.3) is 0 Å². The van der Waals surface area contributed by atoms with E-state index in [1.165, 1.54) is 7.11 Å². The molecule has 0 atom stereocenters.